The van der Waals surface area contributed by atoms with Crippen molar-refractivity contribution in [2.75, 3.05) is 0 Å². The van der Waals surface area contributed by atoms with Crippen molar-refractivity contribution in [3.63, 3.8) is 0 Å². The molecule has 0 amide bonds. The fourth-order valence-electron chi connectivity index (χ4n) is 3.10. The van der Waals surface area contributed by atoms with Crippen molar-refractivity contribution in [3.8, 4) is 5.75 Å². The molecule has 0 atom stereocenters. The van der Waals surface area contributed by atoms with Crippen molar-refractivity contribution in [1.82, 2.24) is 0 Å². The fraction of sp³-hybridized carbons (Fsp3) is 0.389. The van der Waals surface area contributed by atoms with Gasteiger partial charge in [0.15, 0.2) is 0 Å². The maximum atomic E-state index is 11.6. The van der Waals surface area contributed by atoms with Crippen LogP contribution in [0, 0.1) is 5.92 Å². The Hall–Kier alpha value is -2.03. The summed E-state index contributed by atoms with van der Waals surface area (Å²) >= 11 is 0. The minimum Gasteiger partial charge on any atom is -0.490 e. The van der Waals surface area contributed by atoms with E-state index in [1.165, 1.54) is 0 Å². The number of aromatic carboxylic acids is 1. The van der Waals surface area contributed by atoms with Gasteiger partial charge in [0.1, 0.15) is 11.3 Å². The average Bonchev–Trinajstić information content (AvgIpc) is 2.49. The molecular formula is C18H20O3. The number of rotatable bonds is 3. The van der Waals surface area contributed by atoms with Gasteiger partial charge in [-0.3, -0.25) is 0 Å². The third-order valence-corrected chi connectivity index (χ3v) is 4.36. The van der Waals surface area contributed by atoms with Gasteiger partial charge in [-0.1, -0.05) is 37.3 Å². The highest BCUT2D eigenvalue weighted by Gasteiger charge is 2.22. The zero-order valence-electron chi connectivity index (χ0n) is 12.2. The lowest BCUT2D eigenvalue weighted by Gasteiger charge is -2.27. The predicted octanol–water partition coefficient (Wildman–Crippen LogP) is 4.50. The highest BCUT2D eigenvalue weighted by Crippen LogP contribution is 2.32. The van der Waals surface area contributed by atoms with Crippen molar-refractivity contribution in [2.45, 2.75) is 38.7 Å². The van der Waals surface area contributed by atoms with Crippen LogP contribution in [0.25, 0.3) is 10.8 Å². The molecule has 110 valence electrons. The van der Waals surface area contributed by atoms with Crippen LogP contribution in [0.5, 0.6) is 5.75 Å². The molecule has 1 fully saturated rings. The number of carboxylic acid groups (broad SMARTS) is 1. The summed E-state index contributed by atoms with van der Waals surface area (Å²) in [6.07, 6.45) is 4.46. The molecule has 21 heavy (non-hydrogen) atoms. The molecule has 3 nitrogen and oxygen atoms in total. The number of fused-ring (bicyclic) bond motifs is 1. The summed E-state index contributed by atoms with van der Waals surface area (Å²) in [4.78, 5) is 11.6. The van der Waals surface area contributed by atoms with Crippen LogP contribution < -0.4 is 4.74 Å². The Balaban J connectivity index is 1.94. The van der Waals surface area contributed by atoms with Gasteiger partial charge in [0.2, 0.25) is 0 Å². The quantitative estimate of drug-likeness (QED) is 0.903. The molecule has 0 aliphatic heterocycles. The summed E-state index contributed by atoms with van der Waals surface area (Å²) in [6, 6.07) is 11.3. The highest BCUT2D eigenvalue weighted by atomic mass is 16.5. The zero-order valence-corrected chi connectivity index (χ0v) is 12.2. The molecular weight excluding hydrogens is 264 g/mol. The lowest BCUT2D eigenvalue weighted by atomic mass is 9.89. The molecule has 0 radical (unpaired) electrons. The minimum absolute atomic E-state index is 0.139. The van der Waals surface area contributed by atoms with E-state index in [1.807, 2.05) is 30.3 Å². The summed E-state index contributed by atoms with van der Waals surface area (Å²) in [6.45, 7) is 2.26. The van der Waals surface area contributed by atoms with E-state index >= 15 is 0 Å². The third-order valence-electron chi connectivity index (χ3n) is 4.36. The molecule has 0 unspecified atom stereocenters. The maximum Gasteiger partial charge on any atom is 0.340 e. The van der Waals surface area contributed by atoms with Crippen LogP contribution in [0.15, 0.2) is 36.4 Å². The first-order valence-corrected chi connectivity index (χ1v) is 7.57. The minimum atomic E-state index is -0.925. The van der Waals surface area contributed by atoms with E-state index in [0.717, 1.165) is 42.4 Å². The van der Waals surface area contributed by atoms with Crippen molar-refractivity contribution < 1.29 is 14.6 Å². The van der Waals surface area contributed by atoms with Crippen molar-refractivity contribution >= 4 is 16.7 Å². The Morgan fingerprint density at radius 2 is 1.81 bits per heavy atom. The standard InChI is InChI=1S/C18H20O3/c1-12-6-9-14(10-7-12)21-16-11-8-13-4-2-3-5-15(13)17(16)18(19)20/h2-5,8,11-12,14H,6-7,9-10H2,1H3,(H,19,20). The number of hydrogen-bond acceptors (Lipinski definition) is 2. The summed E-state index contributed by atoms with van der Waals surface area (Å²) in [7, 11) is 0. The van der Waals surface area contributed by atoms with E-state index in [2.05, 4.69) is 6.92 Å². The Labute approximate surface area is 124 Å². The number of benzene rings is 2. The average molecular weight is 284 g/mol. The summed E-state index contributed by atoms with van der Waals surface area (Å²) in [5.74, 6) is 0.326. The van der Waals surface area contributed by atoms with Crippen LogP contribution in [0.1, 0.15) is 43.0 Å². The number of hydrogen-bond donors (Lipinski definition) is 1. The van der Waals surface area contributed by atoms with Crippen LogP contribution in [-0.4, -0.2) is 17.2 Å². The second-order valence-corrected chi connectivity index (χ2v) is 5.96. The first kappa shape index (κ1) is 13.9. The molecule has 1 aliphatic rings. The fourth-order valence-corrected chi connectivity index (χ4v) is 3.10. The summed E-state index contributed by atoms with van der Waals surface area (Å²) in [5.41, 5.74) is 0.284. The summed E-state index contributed by atoms with van der Waals surface area (Å²) < 4.78 is 6.02. The monoisotopic (exact) mass is 284 g/mol. The Morgan fingerprint density at radius 3 is 2.52 bits per heavy atom. The molecule has 0 bridgehead atoms. The van der Waals surface area contributed by atoms with E-state index in [-0.39, 0.29) is 11.7 Å². The van der Waals surface area contributed by atoms with Gasteiger partial charge < -0.3 is 9.84 Å². The van der Waals surface area contributed by atoms with Crippen LogP contribution in [0.3, 0.4) is 0 Å². The molecule has 3 rings (SSSR count). The van der Waals surface area contributed by atoms with Gasteiger partial charge in [0.05, 0.1) is 6.10 Å². The third kappa shape index (κ3) is 2.87. The van der Waals surface area contributed by atoms with Gasteiger partial charge in [0, 0.05) is 0 Å². The van der Waals surface area contributed by atoms with Crippen LogP contribution in [0.2, 0.25) is 0 Å². The van der Waals surface area contributed by atoms with E-state index in [4.69, 9.17) is 4.74 Å². The first-order valence-electron chi connectivity index (χ1n) is 7.57. The van der Waals surface area contributed by atoms with Gasteiger partial charge in [-0.2, -0.15) is 0 Å². The van der Waals surface area contributed by atoms with Crippen molar-refractivity contribution in [3.05, 3.63) is 42.0 Å². The van der Waals surface area contributed by atoms with Crippen LogP contribution in [0.4, 0.5) is 0 Å². The Bertz CT molecular complexity index is 655. The van der Waals surface area contributed by atoms with Gasteiger partial charge in [-0.05, 0) is 48.4 Å². The number of ether oxygens (including phenoxy) is 1. The SMILES string of the molecule is CC1CCC(Oc2ccc3ccccc3c2C(=O)O)CC1. The molecule has 1 aliphatic carbocycles. The molecule has 0 saturated heterocycles. The molecule has 3 heteroatoms. The molecule has 0 spiro atoms. The second-order valence-electron chi connectivity index (χ2n) is 5.96. The number of carboxylic acids is 1. The lowest BCUT2D eigenvalue weighted by Crippen LogP contribution is -2.23. The molecule has 1 saturated carbocycles. The van der Waals surface area contributed by atoms with E-state index in [0.29, 0.717) is 5.75 Å². The normalized spacial score (nSPS) is 22.1. The lowest BCUT2D eigenvalue weighted by molar-refractivity contribution is 0.0686. The Kier molecular flexibility index (Phi) is 3.82. The van der Waals surface area contributed by atoms with Crippen molar-refractivity contribution in [2.24, 2.45) is 5.92 Å². The van der Waals surface area contributed by atoms with Crippen LogP contribution >= 0.6 is 0 Å². The summed E-state index contributed by atoms with van der Waals surface area (Å²) in [5, 5.41) is 11.2. The second kappa shape index (κ2) is 5.76. The van der Waals surface area contributed by atoms with Crippen molar-refractivity contribution in [1.29, 1.82) is 0 Å². The smallest absolute Gasteiger partial charge is 0.340 e. The largest absolute Gasteiger partial charge is 0.490 e. The van der Waals surface area contributed by atoms with Gasteiger partial charge in [-0.15, -0.1) is 0 Å². The van der Waals surface area contributed by atoms with Gasteiger partial charge in [0.25, 0.3) is 0 Å². The molecule has 2 aromatic carbocycles. The molecule has 1 N–H and O–H groups in total. The first-order chi connectivity index (χ1) is 10.1. The molecule has 2 aromatic rings. The van der Waals surface area contributed by atoms with Crippen LogP contribution in [-0.2, 0) is 0 Å². The Morgan fingerprint density at radius 1 is 1.10 bits per heavy atom. The van der Waals surface area contributed by atoms with E-state index < -0.39 is 5.97 Å². The molecule has 0 heterocycles. The van der Waals surface area contributed by atoms with E-state index in [9.17, 15) is 9.90 Å². The van der Waals surface area contributed by atoms with E-state index in [1.54, 1.807) is 6.07 Å². The predicted molar refractivity (Wildman–Crippen MR) is 83.0 cm³/mol. The molecule has 0 aromatic heterocycles. The zero-order chi connectivity index (χ0) is 14.8. The number of carbonyl (C=O) groups is 1. The maximum absolute atomic E-state index is 11.6. The van der Waals surface area contributed by atoms with Gasteiger partial charge >= 0.3 is 5.97 Å². The topological polar surface area (TPSA) is 46.5 Å². The highest BCUT2D eigenvalue weighted by molar-refractivity contribution is 6.06. The van der Waals surface area contributed by atoms with Gasteiger partial charge in [-0.25, -0.2) is 4.79 Å².